The van der Waals surface area contributed by atoms with Crippen LogP contribution in [0.3, 0.4) is 0 Å². The highest BCUT2D eigenvalue weighted by Gasteiger charge is 2.30. The van der Waals surface area contributed by atoms with Gasteiger partial charge in [0.1, 0.15) is 5.75 Å². The number of fused-ring (bicyclic) bond motifs is 1. The van der Waals surface area contributed by atoms with Gasteiger partial charge >= 0.3 is 0 Å². The number of benzene rings is 1. The van der Waals surface area contributed by atoms with Crippen molar-refractivity contribution in [2.24, 2.45) is 5.84 Å². The first-order valence-electron chi connectivity index (χ1n) is 7.43. The predicted octanol–water partition coefficient (Wildman–Crippen LogP) is 2.19. The number of hydrogen-bond donors (Lipinski definition) is 2. The largest absolute Gasteiger partial charge is 0.493 e. The van der Waals surface area contributed by atoms with E-state index >= 15 is 0 Å². The van der Waals surface area contributed by atoms with Gasteiger partial charge in [0, 0.05) is 35.8 Å². The predicted molar refractivity (Wildman–Crippen MR) is 83.1 cm³/mol. The lowest BCUT2D eigenvalue weighted by atomic mass is 9.90. The molecule has 0 spiro atoms. The van der Waals surface area contributed by atoms with Gasteiger partial charge in [0.05, 0.1) is 6.61 Å². The van der Waals surface area contributed by atoms with E-state index in [0.717, 1.165) is 24.3 Å². The van der Waals surface area contributed by atoms with Crippen LogP contribution in [0, 0.1) is 0 Å². The van der Waals surface area contributed by atoms with Gasteiger partial charge in [-0.1, -0.05) is 31.2 Å². The summed E-state index contributed by atoms with van der Waals surface area (Å²) in [5.74, 6) is 7.01. The van der Waals surface area contributed by atoms with Crippen LogP contribution in [0.15, 0.2) is 42.6 Å². The quantitative estimate of drug-likeness (QED) is 0.652. The number of ether oxygens (including phenoxy) is 1. The molecule has 0 amide bonds. The van der Waals surface area contributed by atoms with Crippen LogP contribution in [0.5, 0.6) is 5.75 Å². The average molecular weight is 283 g/mol. The number of nitrogens with two attached hydrogens (primary N) is 1. The molecule has 4 nitrogen and oxygen atoms in total. The van der Waals surface area contributed by atoms with Gasteiger partial charge in [-0.05, 0) is 24.1 Å². The van der Waals surface area contributed by atoms with Gasteiger partial charge in [-0.3, -0.25) is 16.3 Å². The molecule has 0 saturated carbocycles. The molecule has 2 unspecified atom stereocenters. The van der Waals surface area contributed by atoms with Crippen LogP contribution < -0.4 is 16.0 Å². The second-order valence-corrected chi connectivity index (χ2v) is 5.44. The van der Waals surface area contributed by atoms with E-state index in [1.54, 1.807) is 0 Å². The number of hydrogen-bond acceptors (Lipinski definition) is 4. The van der Waals surface area contributed by atoms with E-state index in [4.69, 9.17) is 10.6 Å². The molecule has 0 bridgehead atoms. The van der Waals surface area contributed by atoms with Gasteiger partial charge in [-0.25, -0.2) is 0 Å². The molecule has 2 aromatic rings. The van der Waals surface area contributed by atoms with Gasteiger partial charge in [0.15, 0.2) is 0 Å². The fraction of sp³-hybridized carbons (Fsp3) is 0.353. The monoisotopic (exact) mass is 283 g/mol. The number of aromatic nitrogens is 1. The van der Waals surface area contributed by atoms with Crippen LogP contribution >= 0.6 is 0 Å². The zero-order valence-corrected chi connectivity index (χ0v) is 12.3. The molecule has 1 aliphatic heterocycles. The summed E-state index contributed by atoms with van der Waals surface area (Å²) in [5.41, 5.74) is 6.48. The number of hydrazine groups is 1. The molecule has 0 radical (unpaired) electrons. The number of pyridine rings is 1. The first-order valence-corrected chi connectivity index (χ1v) is 7.43. The van der Waals surface area contributed by atoms with Crippen molar-refractivity contribution in [3.63, 3.8) is 0 Å². The van der Waals surface area contributed by atoms with Gasteiger partial charge in [-0.2, -0.15) is 0 Å². The Morgan fingerprint density at radius 1 is 1.33 bits per heavy atom. The van der Waals surface area contributed by atoms with Crippen LogP contribution in [-0.4, -0.2) is 17.6 Å². The zero-order chi connectivity index (χ0) is 14.7. The van der Waals surface area contributed by atoms with Gasteiger partial charge < -0.3 is 4.74 Å². The van der Waals surface area contributed by atoms with Crippen molar-refractivity contribution in [2.75, 3.05) is 6.61 Å². The SMILES string of the molecule is CCc1ccc(CC(NN)C2COc3ccccc32)nc1. The number of rotatable bonds is 5. The molecule has 110 valence electrons. The third kappa shape index (κ3) is 2.91. The number of nitrogens with one attached hydrogen (secondary N) is 1. The smallest absolute Gasteiger partial charge is 0.122 e. The van der Waals surface area contributed by atoms with E-state index in [0.29, 0.717) is 6.61 Å². The van der Waals surface area contributed by atoms with E-state index in [2.05, 4.69) is 35.5 Å². The minimum absolute atomic E-state index is 0.119. The van der Waals surface area contributed by atoms with Gasteiger partial charge in [-0.15, -0.1) is 0 Å². The second kappa shape index (κ2) is 6.24. The highest BCUT2D eigenvalue weighted by Crippen LogP contribution is 2.36. The van der Waals surface area contributed by atoms with Crippen LogP contribution in [0.2, 0.25) is 0 Å². The first kappa shape index (κ1) is 14.0. The molecule has 1 aliphatic rings. The Hall–Kier alpha value is -1.91. The highest BCUT2D eigenvalue weighted by molar-refractivity contribution is 5.40. The lowest BCUT2D eigenvalue weighted by Gasteiger charge is -2.21. The maximum absolute atomic E-state index is 5.78. The first-order chi connectivity index (χ1) is 10.3. The van der Waals surface area contributed by atoms with E-state index < -0.39 is 0 Å². The lowest BCUT2D eigenvalue weighted by Crippen LogP contribution is -2.42. The summed E-state index contributed by atoms with van der Waals surface area (Å²) >= 11 is 0. The molecule has 3 rings (SSSR count). The zero-order valence-electron chi connectivity index (χ0n) is 12.3. The molecule has 0 saturated heterocycles. The molecule has 1 aromatic heterocycles. The Kier molecular flexibility index (Phi) is 4.18. The van der Waals surface area contributed by atoms with Gasteiger partial charge in [0.25, 0.3) is 0 Å². The third-order valence-corrected chi connectivity index (χ3v) is 4.16. The topological polar surface area (TPSA) is 60.2 Å². The van der Waals surface area contributed by atoms with Crippen molar-refractivity contribution in [1.82, 2.24) is 10.4 Å². The Morgan fingerprint density at radius 2 is 2.19 bits per heavy atom. The molecule has 4 heteroatoms. The van der Waals surface area contributed by atoms with Crippen molar-refractivity contribution in [3.8, 4) is 5.75 Å². The van der Waals surface area contributed by atoms with Crippen molar-refractivity contribution in [3.05, 3.63) is 59.4 Å². The Labute approximate surface area is 125 Å². The number of nitrogens with zero attached hydrogens (tertiary/aromatic N) is 1. The fourth-order valence-corrected chi connectivity index (χ4v) is 2.85. The summed E-state index contributed by atoms with van der Waals surface area (Å²) < 4.78 is 5.75. The molecule has 1 aromatic carbocycles. The molecule has 2 heterocycles. The Bertz CT molecular complexity index is 597. The maximum Gasteiger partial charge on any atom is 0.122 e. The third-order valence-electron chi connectivity index (χ3n) is 4.16. The van der Waals surface area contributed by atoms with E-state index in [1.165, 1.54) is 11.1 Å². The summed E-state index contributed by atoms with van der Waals surface area (Å²) in [6, 6.07) is 12.5. The summed E-state index contributed by atoms with van der Waals surface area (Å²) in [6.45, 7) is 2.80. The maximum atomic E-state index is 5.78. The molecule has 21 heavy (non-hydrogen) atoms. The van der Waals surface area contributed by atoms with Crippen molar-refractivity contribution < 1.29 is 4.74 Å². The normalized spacial score (nSPS) is 18.1. The summed E-state index contributed by atoms with van der Waals surface area (Å²) in [7, 11) is 0. The minimum atomic E-state index is 0.119. The van der Waals surface area contributed by atoms with Crippen molar-refractivity contribution in [1.29, 1.82) is 0 Å². The van der Waals surface area contributed by atoms with Gasteiger partial charge in [0.2, 0.25) is 0 Å². The number of aryl methyl sites for hydroxylation is 1. The van der Waals surface area contributed by atoms with Crippen LogP contribution in [0.25, 0.3) is 0 Å². The Morgan fingerprint density at radius 3 is 2.90 bits per heavy atom. The molecule has 3 N–H and O–H groups in total. The average Bonchev–Trinajstić information content (AvgIpc) is 2.97. The van der Waals surface area contributed by atoms with Crippen LogP contribution in [0.1, 0.15) is 29.7 Å². The highest BCUT2D eigenvalue weighted by atomic mass is 16.5. The minimum Gasteiger partial charge on any atom is -0.493 e. The fourth-order valence-electron chi connectivity index (χ4n) is 2.85. The summed E-state index contributed by atoms with van der Waals surface area (Å²) in [4.78, 5) is 4.53. The molecule has 2 atom stereocenters. The molecule has 0 aliphatic carbocycles. The van der Waals surface area contributed by atoms with Crippen LogP contribution in [-0.2, 0) is 12.8 Å². The van der Waals surface area contributed by atoms with Crippen LogP contribution in [0.4, 0.5) is 0 Å². The van der Waals surface area contributed by atoms with E-state index in [9.17, 15) is 0 Å². The molecular formula is C17H21N3O. The summed E-state index contributed by atoms with van der Waals surface area (Å²) in [5, 5.41) is 0. The molecule has 0 fully saturated rings. The lowest BCUT2D eigenvalue weighted by molar-refractivity contribution is 0.297. The van der Waals surface area contributed by atoms with E-state index in [1.807, 2.05) is 24.4 Å². The summed E-state index contributed by atoms with van der Waals surface area (Å²) in [6.07, 6.45) is 3.75. The van der Waals surface area contributed by atoms with Crippen molar-refractivity contribution >= 4 is 0 Å². The standard InChI is InChI=1S/C17H21N3O/c1-2-12-7-8-13(19-10-12)9-16(20-18)15-11-21-17-6-4-3-5-14(15)17/h3-8,10,15-16,20H,2,9,11,18H2,1H3. The second-order valence-electron chi connectivity index (χ2n) is 5.44. The van der Waals surface area contributed by atoms with Crippen molar-refractivity contribution in [2.45, 2.75) is 31.7 Å². The Balaban J connectivity index is 1.76. The molecular weight excluding hydrogens is 262 g/mol. The number of para-hydroxylation sites is 1. The van der Waals surface area contributed by atoms with E-state index in [-0.39, 0.29) is 12.0 Å².